The van der Waals surface area contributed by atoms with E-state index in [4.69, 9.17) is 10.5 Å². The highest BCUT2D eigenvalue weighted by atomic mass is 16.5. The molecule has 1 aliphatic carbocycles. The van der Waals surface area contributed by atoms with E-state index in [1.54, 1.807) is 0 Å². The molecule has 3 atom stereocenters. The Labute approximate surface area is 122 Å². The first-order valence-electron chi connectivity index (χ1n) is 7.97. The van der Waals surface area contributed by atoms with Crippen LogP contribution in [0.4, 0.5) is 0 Å². The zero-order valence-electron chi connectivity index (χ0n) is 12.9. The van der Waals surface area contributed by atoms with Crippen molar-refractivity contribution in [3.05, 3.63) is 0 Å². The number of fused-ring (bicyclic) bond motifs is 1. The van der Waals surface area contributed by atoms with Crippen LogP contribution in [-0.2, 0) is 9.53 Å². The highest BCUT2D eigenvalue weighted by Gasteiger charge is 2.36. The molecule has 0 radical (unpaired) electrons. The standard InChI is InChI=1S/C15H29N3O2/c1-3-17-15(2,14(16)19)8-5-9-18-10-11-20-13-7-4-6-12(13)18/h12-13,17H,3-11H2,1-2H3,(H2,16,19). The van der Waals surface area contributed by atoms with Gasteiger partial charge in [0.1, 0.15) is 0 Å². The van der Waals surface area contributed by atoms with Gasteiger partial charge in [0.05, 0.1) is 18.2 Å². The van der Waals surface area contributed by atoms with E-state index in [2.05, 4.69) is 10.2 Å². The Bertz CT molecular complexity index is 337. The maximum absolute atomic E-state index is 11.6. The molecule has 20 heavy (non-hydrogen) atoms. The third kappa shape index (κ3) is 3.51. The van der Waals surface area contributed by atoms with E-state index >= 15 is 0 Å². The highest BCUT2D eigenvalue weighted by Crippen LogP contribution is 2.30. The fourth-order valence-corrected chi connectivity index (χ4v) is 3.61. The molecule has 1 heterocycles. The molecule has 1 aliphatic heterocycles. The number of amides is 1. The average molecular weight is 283 g/mol. The predicted octanol–water partition coefficient (Wildman–Crippen LogP) is 0.873. The van der Waals surface area contributed by atoms with Gasteiger partial charge in [-0.3, -0.25) is 9.69 Å². The molecule has 0 aromatic heterocycles. The van der Waals surface area contributed by atoms with Crippen LogP contribution >= 0.6 is 0 Å². The number of primary amides is 1. The van der Waals surface area contributed by atoms with Crippen molar-refractivity contribution in [2.75, 3.05) is 26.2 Å². The van der Waals surface area contributed by atoms with Crippen LogP contribution in [0.1, 0.15) is 46.0 Å². The Balaban J connectivity index is 1.81. The van der Waals surface area contributed by atoms with Crippen molar-refractivity contribution in [1.29, 1.82) is 0 Å². The number of ether oxygens (including phenoxy) is 1. The molecule has 116 valence electrons. The summed E-state index contributed by atoms with van der Waals surface area (Å²) in [6.07, 6.45) is 5.98. The van der Waals surface area contributed by atoms with Gasteiger partial charge in [-0.15, -0.1) is 0 Å². The zero-order valence-corrected chi connectivity index (χ0v) is 12.9. The van der Waals surface area contributed by atoms with Crippen molar-refractivity contribution < 1.29 is 9.53 Å². The number of nitrogens with zero attached hydrogens (tertiary/aromatic N) is 1. The molecule has 0 aromatic rings. The molecule has 0 spiro atoms. The minimum Gasteiger partial charge on any atom is -0.375 e. The quantitative estimate of drug-likeness (QED) is 0.727. The lowest BCUT2D eigenvalue weighted by molar-refractivity contribution is -0.124. The smallest absolute Gasteiger partial charge is 0.237 e. The molecule has 2 rings (SSSR count). The summed E-state index contributed by atoms with van der Waals surface area (Å²) in [5, 5.41) is 3.22. The second kappa shape index (κ2) is 6.87. The van der Waals surface area contributed by atoms with E-state index < -0.39 is 5.54 Å². The van der Waals surface area contributed by atoms with Gasteiger partial charge in [-0.25, -0.2) is 0 Å². The summed E-state index contributed by atoms with van der Waals surface area (Å²) < 4.78 is 5.83. The summed E-state index contributed by atoms with van der Waals surface area (Å²) in [6.45, 7) is 7.60. The van der Waals surface area contributed by atoms with Gasteiger partial charge in [-0.2, -0.15) is 0 Å². The number of hydrogen-bond acceptors (Lipinski definition) is 4. The number of hydrogen-bond donors (Lipinski definition) is 2. The molecule has 3 unspecified atom stereocenters. The molecule has 5 heteroatoms. The van der Waals surface area contributed by atoms with Crippen LogP contribution in [0, 0.1) is 0 Å². The van der Waals surface area contributed by atoms with Crippen LogP contribution < -0.4 is 11.1 Å². The predicted molar refractivity (Wildman–Crippen MR) is 79.5 cm³/mol. The first kappa shape index (κ1) is 15.7. The number of nitrogens with one attached hydrogen (secondary N) is 1. The number of morpholine rings is 1. The van der Waals surface area contributed by atoms with Crippen LogP contribution in [0.25, 0.3) is 0 Å². The van der Waals surface area contributed by atoms with Crippen LogP contribution in [0.5, 0.6) is 0 Å². The normalized spacial score (nSPS) is 29.9. The minimum atomic E-state index is -0.573. The summed E-state index contributed by atoms with van der Waals surface area (Å²) in [6, 6.07) is 0.600. The van der Waals surface area contributed by atoms with Gasteiger partial charge in [0.2, 0.25) is 5.91 Å². The lowest BCUT2D eigenvalue weighted by Crippen LogP contribution is -2.54. The fraction of sp³-hybridized carbons (Fsp3) is 0.933. The zero-order chi connectivity index (χ0) is 14.6. The van der Waals surface area contributed by atoms with Gasteiger partial charge in [0.25, 0.3) is 0 Å². The van der Waals surface area contributed by atoms with E-state index in [1.165, 1.54) is 19.3 Å². The van der Waals surface area contributed by atoms with Gasteiger partial charge in [-0.05, 0) is 52.1 Å². The molecule has 5 nitrogen and oxygen atoms in total. The van der Waals surface area contributed by atoms with Crippen molar-refractivity contribution in [2.24, 2.45) is 5.73 Å². The molecular formula is C15H29N3O2. The Hall–Kier alpha value is -0.650. The Morgan fingerprint density at radius 1 is 1.50 bits per heavy atom. The summed E-state index contributed by atoms with van der Waals surface area (Å²) in [5.41, 5.74) is 4.95. The summed E-state index contributed by atoms with van der Waals surface area (Å²) >= 11 is 0. The SMILES string of the molecule is CCNC(C)(CCCN1CCOC2CCCC21)C(N)=O. The molecule has 1 saturated carbocycles. The number of carbonyl (C=O) groups is 1. The maximum Gasteiger partial charge on any atom is 0.237 e. The summed E-state index contributed by atoms with van der Waals surface area (Å²) in [5.74, 6) is -0.250. The minimum absolute atomic E-state index is 0.250. The molecule has 3 N–H and O–H groups in total. The Morgan fingerprint density at radius 3 is 3.00 bits per heavy atom. The molecule has 1 amide bonds. The van der Waals surface area contributed by atoms with E-state index in [0.717, 1.165) is 39.1 Å². The van der Waals surface area contributed by atoms with Gasteiger partial charge in [0, 0.05) is 12.6 Å². The Kier molecular flexibility index (Phi) is 5.41. The first-order valence-corrected chi connectivity index (χ1v) is 7.97. The van der Waals surface area contributed by atoms with Crippen molar-refractivity contribution in [3.63, 3.8) is 0 Å². The second-order valence-electron chi connectivity index (χ2n) is 6.27. The van der Waals surface area contributed by atoms with Crippen LogP contribution in [0.15, 0.2) is 0 Å². The molecule has 2 aliphatic rings. The van der Waals surface area contributed by atoms with E-state index in [1.807, 2.05) is 13.8 Å². The molecule has 0 aromatic carbocycles. The first-order chi connectivity index (χ1) is 9.57. The Morgan fingerprint density at radius 2 is 2.30 bits per heavy atom. The fourth-order valence-electron chi connectivity index (χ4n) is 3.61. The summed E-state index contributed by atoms with van der Waals surface area (Å²) in [4.78, 5) is 14.2. The molecule has 1 saturated heterocycles. The maximum atomic E-state index is 11.6. The topological polar surface area (TPSA) is 67.6 Å². The van der Waals surface area contributed by atoms with Gasteiger partial charge < -0.3 is 15.8 Å². The number of carbonyl (C=O) groups excluding carboxylic acids is 1. The molecule has 2 fully saturated rings. The van der Waals surface area contributed by atoms with E-state index in [-0.39, 0.29) is 5.91 Å². The van der Waals surface area contributed by atoms with Gasteiger partial charge in [-0.1, -0.05) is 6.92 Å². The number of nitrogens with two attached hydrogens (primary N) is 1. The van der Waals surface area contributed by atoms with Crippen molar-refractivity contribution in [2.45, 2.75) is 63.6 Å². The second-order valence-corrected chi connectivity index (χ2v) is 6.27. The molecule has 0 bridgehead atoms. The summed E-state index contributed by atoms with van der Waals surface area (Å²) in [7, 11) is 0. The monoisotopic (exact) mass is 283 g/mol. The largest absolute Gasteiger partial charge is 0.375 e. The van der Waals surface area contributed by atoms with Crippen molar-refractivity contribution in [3.8, 4) is 0 Å². The van der Waals surface area contributed by atoms with E-state index in [9.17, 15) is 4.79 Å². The molecular weight excluding hydrogens is 254 g/mol. The highest BCUT2D eigenvalue weighted by molar-refractivity contribution is 5.84. The average Bonchev–Trinajstić information content (AvgIpc) is 2.88. The lowest BCUT2D eigenvalue weighted by Gasteiger charge is -2.38. The van der Waals surface area contributed by atoms with Crippen molar-refractivity contribution >= 4 is 5.91 Å². The lowest BCUT2D eigenvalue weighted by atomic mass is 9.94. The van der Waals surface area contributed by atoms with Crippen molar-refractivity contribution in [1.82, 2.24) is 10.2 Å². The third-order valence-corrected chi connectivity index (χ3v) is 4.83. The third-order valence-electron chi connectivity index (χ3n) is 4.83. The van der Waals surface area contributed by atoms with Gasteiger partial charge in [0.15, 0.2) is 0 Å². The number of likely N-dealkylation sites (N-methyl/N-ethyl adjacent to an activating group) is 1. The van der Waals surface area contributed by atoms with Gasteiger partial charge >= 0.3 is 0 Å². The number of rotatable bonds is 7. The van der Waals surface area contributed by atoms with E-state index in [0.29, 0.717) is 12.1 Å². The van der Waals surface area contributed by atoms with Crippen LogP contribution in [-0.4, -0.2) is 54.7 Å². The van der Waals surface area contributed by atoms with Crippen LogP contribution in [0.3, 0.4) is 0 Å². The van der Waals surface area contributed by atoms with Crippen LogP contribution in [0.2, 0.25) is 0 Å².